The smallest absolute Gasteiger partial charge is 0.293 e. The second-order valence-electron chi connectivity index (χ2n) is 4.41. The van der Waals surface area contributed by atoms with Gasteiger partial charge in [-0.3, -0.25) is 14.6 Å². The Morgan fingerprint density at radius 1 is 1.50 bits per heavy atom. The van der Waals surface area contributed by atoms with Gasteiger partial charge in [0.25, 0.3) is 5.91 Å². The van der Waals surface area contributed by atoms with Crippen LogP contribution in [0.25, 0.3) is 5.69 Å². The van der Waals surface area contributed by atoms with Crippen molar-refractivity contribution in [1.29, 1.82) is 0 Å². The van der Waals surface area contributed by atoms with Crippen molar-refractivity contribution in [2.75, 3.05) is 11.1 Å². The SMILES string of the molecule is CCSC(C)C(=O)C(=O)Nc1cn(-c2cccnc2)nc1Cl. The summed E-state index contributed by atoms with van der Waals surface area (Å²) in [6.45, 7) is 3.64. The number of ketones is 1. The van der Waals surface area contributed by atoms with Gasteiger partial charge in [0, 0.05) is 6.20 Å². The Morgan fingerprint density at radius 3 is 2.91 bits per heavy atom. The quantitative estimate of drug-likeness (QED) is 0.819. The summed E-state index contributed by atoms with van der Waals surface area (Å²) in [6, 6.07) is 3.56. The van der Waals surface area contributed by atoms with E-state index in [-0.39, 0.29) is 10.8 Å². The first-order chi connectivity index (χ1) is 10.5. The predicted molar refractivity (Wildman–Crippen MR) is 87.6 cm³/mol. The van der Waals surface area contributed by atoms with E-state index in [4.69, 9.17) is 11.6 Å². The van der Waals surface area contributed by atoms with Gasteiger partial charge in [0.2, 0.25) is 5.78 Å². The molecule has 1 N–H and O–H groups in total. The molecule has 2 aromatic rings. The number of rotatable bonds is 6. The molecule has 1 unspecified atom stereocenters. The van der Waals surface area contributed by atoms with Crippen molar-refractivity contribution in [3.05, 3.63) is 35.9 Å². The van der Waals surface area contributed by atoms with Crippen molar-refractivity contribution >= 4 is 40.7 Å². The summed E-state index contributed by atoms with van der Waals surface area (Å²) in [5.41, 5.74) is 0.990. The van der Waals surface area contributed by atoms with Gasteiger partial charge in [-0.05, 0) is 24.8 Å². The van der Waals surface area contributed by atoms with Crippen LogP contribution in [0.3, 0.4) is 0 Å². The number of thioether (sulfide) groups is 1. The standard InChI is InChI=1S/C14H15ClN4O2S/c1-3-22-9(2)12(20)14(21)17-11-8-19(18-13(11)15)10-5-4-6-16-7-10/h4-9H,3H2,1-2H3,(H,17,21). The van der Waals surface area contributed by atoms with Crippen molar-refractivity contribution in [3.8, 4) is 5.69 Å². The number of aromatic nitrogens is 3. The minimum absolute atomic E-state index is 0.112. The summed E-state index contributed by atoms with van der Waals surface area (Å²) in [4.78, 5) is 27.8. The fourth-order valence-electron chi connectivity index (χ4n) is 1.75. The molecule has 116 valence electrons. The number of halogens is 1. The molecule has 22 heavy (non-hydrogen) atoms. The first-order valence-corrected chi connectivity index (χ1v) is 8.08. The van der Waals surface area contributed by atoms with Crippen LogP contribution < -0.4 is 5.32 Å². The molecule has 1 amide bonds. The summed E-state index contributed by atoms with van der Waals surface area (Å²) in [5, 5.41) is 6.31. The highest BCUT2D eigenvalue weighted by Gasteiger charge is 2.22. The fraction of sp³-hybridized carbons (Fsp3) is 0.286. The van der Waals surface area contributed by atoms with E-state index in [0.717, 1.165) is 5.75 Å². The maximum absolute atomic E-state index is 11.9. The van der Waals surface area contributed by atoms with Crippen LogP contribution in [0.1, 0.15) is 13.8 Å². The largest absolute Gasteiger partial charge is 0.315 e. The number of hydrogen-bond donors (Lipinski definition) is 1. The van der Waals surface area contributed by atoms with Gasteiger partial charge in [0.05, 0.1) is 29.0 Å². The highest BCUT2D eigenvalue weighted by atomic mass is 35.5. The van der Waals surface area contributed by atoms with Crippen molar-refractivity contribution in [2.24, 2.45) is 0 Å². The van der Waals surface area contributed by atoms with E-state index in [1.165, 1.54) is 16.4 Å². The fourth-order valence-corrected chi connectivity index (χ4v) is 2.69. The number of amides is 1. The van der Waals surface area contributed by atoms with Gasteiger partial charge in [0.1, 0.15) is 0 Å². The predicted octanol–water partition coefficient (Wildman–Crippen LogP) is 2.57. The lowest BCUT2D eigenvalue weighted by molar-refractivity contribution is -0.134. The lowest BCUT2D eigenvalue weighted by Crippen LogP contribution is -2.29. The Morgan fingerprint density at radius 2 is 2.27 bits per heavy atom. The van der Waals surface area contributed by atoms with Gasteiger partial charge in [-0.1, -0.05) is 18.5 Å². The molecule has 1 atom stereocenters. The number of carbonyl (C=O) groups excluding carboxylic acids is 2. The number of carbonyl (C=O) groups is 2. The molecule has 6 nitrogen and oxygen atoms in total. The van der Waals surface area contributed by atoms with Crippen LogP contribution in [-0.2, 0) is 9.59 Å². The Labute approximate surface area is 137 Å². The highest BCUT2D eigenvalue weighted by Crippen LogP contribution is 2.22. The van der Waals surface area contributed by atoms with Crippen molar-refractivity contribution in [3.63, 3.8) is 0 Å². The van der Waals surface area contributed by atoms with E-state index in [2.05, 4.69) is 15.4 Å². The summed E-state index contributed by atoms with van der Waals surface area (Å²) >= 11 is 7.41. The second kappa shape index (κ2) is 7.42. The average molecular weight is 339 g/mol. The third-order valence-corrected chi connectivity index (χ3v) is 4.16. The molecule has 0 aliphatic heterocycles. The lowest BCUT2D eigenvalue weighted by atomic mass is 10.3. The van der Waals surface area contributed by atoms with Crippen LogP contribution >= 0.6 is 23.4 Å². The molecule has 0 radical (unpaired) electrons. The third kappa shape index (κ3) is 3.86. The molecule has 0 aliphatic rings. The summed E-state index contributed by atoms with van der Waals surface area (Å²) in [5.74, 6) is -0.419. The number of nitrogens with zero attached hydrogens (tertiary/aromatic N) is 3. The van der Waals surface area contributed by atoms with E-state index < -0.39 is 16.9 Å². The molecule has 8 heteroatoms. The number of hydrogen-bond acceptors (Lipinski definition) is 5. The zero-order valence-electron chi connectivity index (χ0n) is 12.1. The molecule has 0 fully saturated rings. The highest BCUT2D eigenvalue weighted by molar-refractivity contribution is 8.00. The Hall–Kier alpha value is -1.86. The van der Waals surface area contributed by atoms with Crippen LogP contribution in [0, 0.1) is 0 Å². The molecule has 0 aliphatic carbocycles. The molecular formula is C14H15ClN4O2S. The van der Waals surface area contributed by atoms with Crippen molar-refractivity contribution in [2.45, 2.75) is 19.1 Å². The summed E-state index contributed by atoms with van der Waals surface area (Å²) < 4.78 is 1.49. The van der Waals surface area contributed by atoms with Crippen LogP contribution in [0.15, 0.2) is 30.7 Å². The molecular weight excluding hydrogens is 324 g/mol. The van der Waals surface area contributed by atoms with Gasteiger partial charge in [0.15, 0.2) is 5.15 Å². The van der Waals surface area contributed by atoms with Gasteiger partial charge >= 0.3 is 0 Å². The molecule has 0 aromatic carbocycles. The number of Topliss-reactive ketones (excluding diaryl/α,β-unsaturated/α-hetero) is 1. The van der Waals surface area contributed by atoms with Crippen LogP contribution in [0.4, 0.5) is 5.69 Å². The van der Waals surface area contributed by atoms with Gasteiger partial charge in [-0.2, -0.15) is 16.9 Å². The molecule has 0 saturated carbocycles. The zero-order valence-corrected chi connectivity index (χ0v) is 13.7. The first-order valence-electron chi connectivity index (χ1n) is 6.65. The Balaban J connectivity index is 2.12. The van der Waals surface area contributed by atoms with E-state index in [0.29, 0.717) is 5.69 Å². The van der Waals surface area contributed by atoms with E-state index in [1.54, 1.807) is 37.6 Å². The second-order valence-corrected chi connectivity index (χ2v) is 6.38. The van der Waals surface area contributed by atoms with Crippen molar-refractivity contribution in [1.82, 2.24) is 14.8 Å². The van der Waals surface area contributed by atoms with E-state index in [1.807, 2.05) is 6.92 Å². The number of anilines is 1. The minimum atomic E-state index is -0.693. The maximum atomic E-state index is 11.9. The first kappa shape index (κ1) is 16.5. The third-order valence-electron chi connectivity index (χ3n) is 2.84. The lowest BCUT2D eigenvalue weighted by Gasteiger charge is -2.08. The van der Waals surface area contributed by atoms with Gasteiger partial charge in [-0.25, -0.2) is 4.68 Å². The van der Waals surface area contributed by atoms with Gasteiger partial charge in [-0.15, -0.1) is 0 Å². The van der Waals surface area contributed by atoms with Crippen LogP contribution in [0.5, 0.6) is 0 Å². The normalized spacial score (nSPS) is 12.0. The Kier molecular flexibility index (Phi) is 5.57. The van der Waals surface area contributed by atoms with E-state index in [9.17, 15) is 9.59 Å². The minimum Gasteiger partial charge on any atom is -0.315 e. The van der Waals surface area contributed by atoms with Crippen LogP contribution in [0.2, 0.25) is 5.15 Å². The molecule has 0 spiro atoms. The maximum Gasteiger partial charge on any atom is 0.293 e. The van der Waals surface area contributed by atoms with E-state index >= 15 is 0 Å². The van der Waals surface area contributed by atoms with Gasteiger partial charge < -0.3 is 5.32 Å². The summed E-state index contributed by atoms with van der Waals surface area (Å²) in [6.07, 6.45) is 4.80. The molecule has 2 aromatic heterocycles. The average Bonchev–Trinajstić information content (AvgIpc) is 2.88. The molecule has 0 saturated heterocycles. The molecule has 0 bridgehead atoms. The van der Waals surface area contributed by atoms with Crippen molar-refractivity contribution < 1.29 is 9.59 Å². The van der Waals surface area contributed by atoms with Crippen LogP contribution in [-0.4, -0.2) is 37.5 Å². The molecule has 2 heterocycles. The molecule has 2 rings (SSSR count). The Bertz CT molecular complexity index is 675. The summed E-state index contributed by atoms with van der Waals surface area (Å²) in [7, 11) is 0. The zero-order chi connectivity index (χ0) is 16.1. The number of pyridine rings is 1. The number of nitrogens with one attached hydrogen (secondary N) is 1. The topological polar surface area (TPSA) is 76.9 Å². The monoisotopic (exact) mass is 338 g/mol.